The molecule has 0 aliphatic carbocycles. The van der Waals surface area contributed by atoms with E-state index in [0.717, 1.165) is 11.8 Å². The summed E-state index contributed by atoms with van der Waals surface area (Å²) in [6.07, 6.45) is -1.33. The van der Waals surface area contributed by atoms with Crippen molar-refractivity contribution < 1.29 is 27.8 Å². The van der Waals surface area contributed by atoms with Crippen molar-refractivity contribution in [1.82, 2.24) is 9.55 Å². The molecule has 102 valence electrons. The second-order valence-corrected chi connectivity index (χ2v) is 4.20. The highest BCUT2D eigenvalue weighted by atomic mass is 32.2. The van der Waals surface area contributed by atoms with Crippen LogP contribution in [-0.2, 0) is 16.1 Å². The Hall–Kier alpha value is -1.22. The predicted octanol–water partition coefficient (Wildman–Crippen LogP) is 1.64. The minimum atomic E-state index is -4.34. The minimum absolute atomic E-state index is 0.115. The summed E-state index contributed by atoms with van der Waals surface area (Å²) in [5.41, 5.74) is 0. The number of aromatic nitrogens is 2. The number of hydrogen-bond acceptors (Lipinski definition) is 4. The third kappa shape index (κ3) is 5.92. The first-order valence-electron chi connectivity index (χ1n) is 4.89. The zero-order chi connectivity index (χ0) is 13.6. The molecule has 0 spiro atoms. The maximum atomic E-state index is 11.8. The van der Waals surface area contributed by atoms with Crippen LogP contribution >= 0.6 is 11.8 Å². The Morgan fingerprint density at radius 2 is 2.28 bits per heavy atom. The number of imidazole rings is 1. The molecule has 0 aliphatic heterocycles. The van der Waals surface area contributed by atoms with Crippen LogP contribution in [0, 0.1) is 0 Å². The molecule has 0 aliphatic rings. The van der Waals surface area contributed by atoms with Crippen molar-refractivity contribution in [2.45, 2.75) is 17.9 Å². The van der Waals surface area contributed by atoms with Crippen molar-refractivity contribution >= 4 is 17.7 Å². The molecule has 5 nitrogen and oxygen atoms in total. The summed E-state index contributed by atoms with van der Waals surface area (Å²) in [6.45, 7) is -1.21. The second kappa shape index (κ2) is 6.64. The summed E-state index contributed by atoms with van der Waals surface area (Å²) >= 11 is 1.000. The summed E-state index contributed by atoms with van der Waals surface area (Å²) in [4.78, 5) is 14.3. The first kappa shape index (κ1) is 14.8. The van der Waals surface area contributed by atoms with Gasteiger partial charge in [-0.1, -0.05) is 11.8 Å². The summed E-state index contributed by atoms with van der Waals surface area (Å²) in [5.74, 6) is -1.14. The van der Waals surface area contributed by atoms with Gasteiger partial charge >= 0.3 is 12.1 Å². The highest BCUT2D eigenvalue weighted by molar-refractivity contribution is 7.99. The molecule has 0 unspecified atom stereocenters. The normalized spacial score (nSPS) is 11.7. The van der Waals surface area contributed by atoms with Gasteiger partial charge in [0.05, 0.1) is 12.4 Å². The Kier molecular flexibility index (Phi) is 5.48. The van der Waals surface area contributed by atoms with Crippen molar-refractivity contribution in [3.63, 3.8) is 0 Å². The average Bonchev–Trinajstić information content (AvgIpc) is 2.67. The molecule has 0 amide bonds. The molecule has 9 heteroatoms. The van der Waals surface area contributed by atoms with Crippen LogP contribution in [0.3, 0.4) is 0 Å². The molecule has 1 heterocycles. The van der Waals surface area contributed by atoms with Gasteiger partial charge in [-0.3, -0.25) is 4.79 Å². The lowest BCUT2D eigenvalue weighted by molar-refractivity contribution is -0.174. The summed E-state index contributed by atoms with van der Waals surface area (Å²) in [5, 5.41) is 8.94. The van der Waals surface area contributed by atoms with E-state index in [0.29, 0.717) is 5.16 Å². The number of carboxylic acid groups (broad SMARTS) is 1. The van der Waals surface area contributed by atoms with Crippen molar-refractivity contribution in [2.75, 3.05) is 19.0 Å². The van der Waals surface area contributed by atoms with Gasteiger partial charge in [0, 0.05) is 18.9 Å². The van der Waals surface area contributed by atoms with E-state index in [-0.39, 0.29) is 18.9 Å². The molecular weight excluding hydrogens is 273 g/mol. The first-order chi connectivity index (χ1) is 8.38. The molecule has 18 heavy (non-hydrogen) atoms. The van der Waals surface area contributed by atoms with Crippen LogP contribution in [-0.4, -0.2) is 45.8 Å². The van der Waals surface area contributed by atoms with E-state index in [2.05, 4.69) is 9.72 Å². The lowest BCUT2D eigenvalue weighted by Crippen LogP contribution is -2.19. The Morgan fingerprint density at radius 1 is 1.56 bits per heavy atom. The van der Waals surface area contributed by atoms with E-state index in [9.17, 15) is 18.0 Å². The zero-order valence-corrected chi connectivity index (χ0v) is 10.00. The number of alkyl halides is 3. The van der Waals surface area contributed by atoms with Crippen LogP contribution in [0.2, 0.25) is 0 Å². The van der Waals surface area contributed by atoms with Gasteiger partial charge in [-0.2, -0.15) is 13.2 Å². The Bertz CT molecular complexity index is 395. The van der Waals surface area contributed by atoms with Crippen molar-refractivity contribution in [3.8, 4) is 0 Å². The van der Waals surface area contributed by atoms with Crippen molar-refractivity contribution in [3.05, 3.63) is 12.4 Å². The molecule has 0 fully saturated rings. The van der Waals surface area contributed by atoms with Gasteiger partial charge in [-0.05, 0) is 0 Å². The second-order valence-electron chi connectivity index (χ2n) is 3.25. The predicted molar refractivity (Wildman–Crippen MR) is 57.5 cm³/mol. The smallest absolute Gasteiger partial charge is 0.411 e. The Balaban J connectivity index is 2.34. The monoisotopic (exact) mass is 284 g/mol. The number of thioether (sulfide) groups is 1. The molecule has 1 aromatic heterocycles. The van der Waals surface area contributed by atoms with Gasteiger partial charge < -0.3 is 14.4 Å². The maximum absolute atomic E-state index is 11.8. The van der Waals surface area contributed by atoms with E-state index >= 15 is 0 Å². The highest BCUT2D eigenvalue weighted by Gasteiger charge is 2.27. The van der Waals surface area contributed by atoms with Gasteiger partial charge in [0.15, 0.2) is 5.16 Å². The third-order valence-electron chi connectivity index (χ3n) is 1.74. The summed E-state index contributed by atoms with van der Waals surface area (Å²) < 4.78 is 41.4. The topological polar surface area (TPSA) is 64.3 Å². The van der Waals surface area contributed by atoms with Gasteiger partial charge in [0.1, 0.15) is 6.61 Å². The number of carboxylic acids is 1. The van der Waals surface area contributed by atoms with Gasteiger partial charge in [0.25, 0.3) is 0 Å². The van der Waals surface area contributed by atoms with Crippen LogP contribution in [0.4, 0.5) is 13.2 Å². The van der Waals surface area contributed by atoms with Crippen molar-refractivity contribution in [2.24, 2.45) is 0 Å². The fraction of sp³-hybridized carbons (Fsp3) is 0.556. The van der Waals surface area contributed by atoms with Crippen LogP contribution in [0.25, 0.3) is 0 Å². The van der Waals surface area contributed by atoms with Crippen LogP contribution < -0.4 is 0 Å². The summed E-state index contributed by atoms with van der Waals surface area (Å²) in [6, 6.07) is 0. The van der Waals surface area contributed by atoms with E-state index < -0.39 is 18.8 Å². The lowest BCUT2D eigenvalue weighted by Gasteiger charge is -2.09. The standard InChI is InChI=1S/C9H11F3N2O3S/c10-9(11,12)6-17-4-3-14-2-1-13-8(14)18-5-7(15)16/h1-2H,3-6H2,(H,15,16). The maximum Gasteiger partial charge on any atom is 0.411 e. The van der Waals surface area contributed by atoms with E-state index in [4.69, 9.17) is 5.11 Å². The van der Waals surface area contributed by atoms with E-state index in [1.807, 2.05) is 0 Å². The van der Waals surface area contributed by atoms with Gasteiger partial charge in [-0.15, -0.1) is 0 Å². The first-order valence-corrected chi connectivity index (χ1v) is 5.87. The molecule has 1 aromatic rings. The molecule has 0 atom stereocenters. The molecule has 0 bridgehead atoms. The largest absolute Gasteiger partial charge is 0.481 e. The fourth-order valence-corrected chi connectivity index (χ4v) is 1.79. The third-order valence-corrected chi connectivity index (χ3v) is 2.73. The zero-order valence-electron chi connectivity index (χ0n) is 9.18. The number of halogens is 3. The van der Waals surface area contributed by atoms with Crippen LogP contribution in [0.5, 0.6) is 0 Å². The molecule has 0 saturated carbocycles. The van der Waals surface area contributed by atoms with E-state index in [1.54, 1.807) is 10.8 Å². The fourth-order valence-electron chi connectivity index (χ4n) is 1.08. The highest BCUT2D eigenvalue weighted by Crippen LogP contribution is 2.16. The van der Waals surface area contributed by atoms with Crippen LogP contribution in [0.1, 0.15) is 0 Å². The SMILES string of the molecule is O=C(O)CSc1nccn1CCOCC(F)(F)F. The van der Waals surface area contributed by atoms with E-state index in [1.165, 1.54) is 6.20 Å². The van der Waals surface area contributed by atoms with Crippen LogP contribution in [0.15, 0.2) is 17.6 Å². The number of hydrogen-bond donors (Lipinski definition) is 1. The average molecular weight is 284 g/mol. The number of ether oxygens (including phenoxy) is 1. The molecule has 0 aromatic carbocycles. The number of aliphatic carboxylic acids is 1. The minimum Gasteiger partial charge on any atom is -0.481 e. The molecular formula is C9H11F3N2O3S. The van der Waals surface area contributed by atoms with Crippen molar-refractivity contribution in [1.29, 1.82) is 0 Å². The summed E-state index contributed by atoms with van der Waals surface area (Å²) in [7, 11) is 0. The van der Waals surface area contributed by atoms with Gasteiger partial charge in [-0.25, -0.2) is 4.98 Å². The molecule has 0 radical (unpaired) electrons. The molecule has 1 rings (SSSR count). The Labute approximate surface area is 105 Å². The van der Waals surface area contributed by atoms with Gasteiger partial charge in [0.2, 0.25) is 0 Å². The number of carbonyl (C=O) groups is 1. The number of rotatable bonds is 7. The quantitative estimate of drug-likeness (QED) is 0.609. The Morgan fingerprint density at radius 3 is 2.89 bits per heavy atom. The molecule has 0 saturated heterocycles. The molecule has 1 N–H and O–H groups in total. The lowest BCUT2D eigenvalue weighted by atomic mass is 10.6. The number of nitrogens with zero attached hydrogens (tertiary/aromatic N) is 2.